The molecule has 0 aromatic rings. The van der Waals surface area contributed by atoms with Crippen molar-refractivity contribution in [2.75, 3.05) is 50.8 Å². The van der Waals surface area contributed by atoms with Crippen LogP contribution in [0.25, 0.3) is 0 Å². The molecule has 1 unspecified atom stereocenters. The SMILES string of the molecule is CCN(CC)CCSCC(=O)N1CCNCC1C.Cl.Cl. The van der Waals surface area contributed by atoms with E-state index in [-0.39, 0.29) is 24.8 Å². The van der Waals surface area contributed by atoms with Crippen LogP contribution in [0.3, 0.4) is 0 Å². The highest BCUT2D eigenvalue weighted by Gasteiger charge is 2.22. The maximum Gasteiger partial charge on any atom is 0.232 e. The van der Waals surface area contributed by atoms with Crippen molar-refractivity contribution >= 4 is 42.5 Å². The Bertz CT molecular complexity index is 256. The minimum absolute atomic E-state index is 0. The van der Waals surface area contributed by atoms with Crippen LogP contribution in [0, 0.1) is 0 Å². The number of piperazine rings is 1. The van der Waals surface area contributed by atoms with E-state index in [1.165, 1.54) is 0 Å². The molecule has 0 aromatic heterocycles. The molecule has 0 saturated carbocycles. The van der Waals surface area contributed by atoms with Gasteiger partial charge in [-0.05, 0) is 20.0 Å². The second-order valence-corrected chi connectivity index (χ2v) is 5.82. The van der Waals surface area contributed by atoms with Gasteiger partial charge in [0, 0.05) is 38.0 Å². The molecule has 1 atom stereocenters. The monoisotopic (exact) mass is 345 g/mol. The first-order chi connectivity index (χ1) is 8.69. The minimum Gasteiger partial charge on any atom is -0.337 e. The van der Waals surface area contributed by atoms with Gasteiger partial charge in [0.2, 0.25) is 5.91 Å². The molecule has 7 heteroatoms. The van der Waals surface area contributed by atoms with Crippen LogP contribution in [0.2, 0.25) is 0 Å². The van der Waals surface area contributed by atoms with Gasteiger partial charge in [-0.25, -0.2) is 0 Å². The number of carbonyl (C=O) groups is 1. The Balaban J connectivity index is 0. The van der Waals surface area contributed by atoms with Gasteiger partial charge < -0.3 is 15.1 Å². The van der Waals surface area contributed by atoms with Crippen LogP contribution in [0.4, 0.5) is 0 Å². The summed E-state index contributed by atoms with van der Waals surface area (Å²) in [6, 6.07) is 0.342. The number of halogens is 2. The van der Waals surface area contributed by atoms with Crippen molar-refractivity contribution in [1.82, 2.24) is 15.1 Å². The molecule has 122 valence electrons. The average molecular weight is 346 g/mol. The minimum atomic E-state index is 0. The second kappa shape index (κ2) is 13.0. The fourth-order valence-electron chi connectivity index (χ4n) is 2.19. The van der Waals surface area contributed by atoms with Crippen molar-refractivity contribution in [2.24, 2.45) is 0 Å². The molecule has 1 heterocycles. The molecule has 0 bridgehead atoms. The fraction of sp³-hybridized carbons (Fsp3) is 0.923. The number of nitrogens with zero attached hydrogens (tertiary/aromatic N) is 2. The van der Waals surface area contributed by atoms with Crippen molar-refractivity contribution in [1.29, 1.82) is 0 Å². The zero-order valence-electron chi connectivity index (χ0n) is 12.8. The molecule has 0 spiro atoms. The van der Waals surface area contributed by atoms with E-state index in [1.807, 2.05) is 4.90 Å². The first-order valence-corrected chi connectivity index (χ1v) is 8.14. The highest BCUT2D eigenvalue weighted by atomic mass is 35.5. The molecular formula is C13H29Cl2N3OS. The summed E-state index contributed by atoms with van der Waals surface area (Å²) >= 11 is 1.76. The average Bonchev–Trinajstić information content (AvgIpc) is 2.39. The predicted molar refractivity (Wildman–Crippen MR) is 93.7 cm³/mol. The first kappa shape index (κ1) is 22.6. The van der Waals surface area contributed by atoms with Gasteiger partial charge in [0.1, 0.15) is 0 Å². The van der Waals surface area contributed by atoms with Crippen molar-refractivity contribution in [2.45, 2.75) is 26.8 Å². The molecule has 20 heavy (non-hydrogen) atoms. The highest BCUT2D eigenvalue weighted by Crippen LogP contribution is 2.08. The lowest BCUT2D eigenvalue weighted by Gasteiger charge is -2.34. The number of amides is 1. The largest absolute Gasteiger partial charge is 0.337 e. The fourth-order valence-corrected chi connectivity index (χ4v) is 3.06. The Morgan fingerprint density at radius 1 is 1.35 bits per heavy atom. The van der Waals surface area contributed by atoms with Crippen LogP contribution in [-0.2, 0) is 4.79 Å². The van der Waals surface area contributed by atoms with Crippen molar-refractivity contribution < 1.29 is 4.79 Å². The van der Waals surface area contributed by atoms with Gasteiger partial charge in [0.25, 0.3) is 0 Å². The molecule has 0 aliphatic carbocycles. The Morgan fingerprint density at radius 3 is 2.55 bits per heavy atom. The van der Waals surface area contributed by atoms with Crippen LogP contribution in [0.15, 0.2) is 0 Å². The van der Waals surface area contributed by atoms with E-state index in [0.717, 1.165) is 45.0 Å². The molecule has 1 aliphatic rings. The number of carbonyl (C=O) groups excluding carboxylic acids is 1. The lowest BCUT2D eigenvalue weighted by molar-refractivity contribution is -0.131. The van der Waals surface area contributed by atoms with E-state index < -0.39 is 0 Å². The van der Waals surface area contributed by atoms with E-state index >= 15 is 0 Å². The number of rotatable bonds is 7. The molecule has 0 radical (unpaired) electrons. The summed E-state index contributed by atoms with van der Waals surface area (Å²) in [4.78, 5) is 16.5. The maximum atomic E-state index is 12.1. The third-order valence-electron chi connectivity index (χ3n) is 3.49. The zero-order chi connectivity index (χ0) is 13.4. The summed E-state index contributed by atoms with van der Waals surface area (Å²) in [5.74, 6) is 1.98. The van der Waals surface area contributed by atoms with Gasteiger partial charge in [-0.2, -0.15) is 11.8 Å². The smallest absolute Gasteiger partial charge is 0.232 e. The molecule has 4 nitrogen and oxygen atoms in total. The van der Waals surface area contributed by atoms with Gasteiger partial charge in [0.05, 0.1) is 5.75 Å². The summed E-state index contributed by atoms with van der Waals surface area (Å²) in [6.45, 7) is 12.5. The van der Waals surface area contributed by atoms with Crippen LogP contribution >= 0.6 is 36.6 Å². The quantitative estimate of drug-likeness (QED) is 0.712. The van der Waals surface area contributed by atoms with Gasteiger partial charge >= 0.3 is 0 Å². The normalized spacial score (nSPS) is 18.4. The standard InChI is InChI=1S/C13H27N3OS.2ClH/c1-4-15(5-2)8-9-18-11-13(17)16-7-6-14-10-12(16)3;;/h12,14H,4-11H2,1-3H3;2*1H. The Morgan fingerprint density at radius 2 is 2.00 bits per heavy atom. The summed E-state index contributed by atoms with van der Waals surface area (Å²) in [6.07, 6.45) is 0. The van der Waals surface area contributed by atoms with E-state index in [9.17, 15) is 4.79 Å². The summed E-state index contributed by atoms with van der Waals surface area (Å²) in [5.41, 5.74) is 0. The topological polar surface area (TPSA) is 35.6 Å². The Hall–Kier alpha value is 0.320. The molecule has 1 amide bonds. The Labute approximate surface area is 140 Å². The zero-order valence-corrected chi connectivity index (χ0v) is 15.2. The van der Waals surface area contributed by atoms with Crippen molar-refractivity contribution in [3.05, 3.63) is 0 Å². The first-order valence-electron chi connectivity index (χ1n) is 6.99. The van der Waals surface area contributed by atoms with Crippen LogP contribution < -0.4 is 5.32 Å². The molecule has 1 fully saturated rings. The third kappa shape index (κ3) is 7.93. The summed E-state index contributed by atoms with van der Waals surface area (Å²) < 4.78 is 0. The number of hydrogen-bond donors (Lipinski definition) is 1. The van der Waals surface area contributed by atoms with Gasteiger partial charge in [0.15, 0.2) is 0 Å². The number of hydrogen-bond acceptors (Lipinski definition) is 4. The maximum absolute atomic E-state index is 12.1. The molecule has 1 rings (SSSR count). The van der Waals surface area contributed by atoms with E-state index in [1.54, 1.807) is 11.8 Å². The van der Waals surface area contributed by atoms with Gasteiger partial charge in [-0.15, -0.1) is 24.8 Å². The summed E-state index contributed by atoms with van der Waals surface area (Å²) in [5, 5.41) is 3.31. The highest BCUT2D eigenvalue weighted by molar-refractivity contribution is 7.99. The van der Waals surface area contributed by atoms with Crippen LogP contribution in [0.1, 0.15) is 20.8 Å². The van der Waals surface area contributed by atoms with Gasteiger partial charge in [-0.3, -0.25) is 4.79 Å². The van der Waals surface area contributed by atoms with Crippen LogP contribution in [0.5, 0.6) is 0 Å². The summed E-state index contributed by atoms with van der Waals surface area (Å²) in [7, 11) is 0. The predicted octanol–water partition coefficient (Wildman–Crippen LogP) is 1.73. The van der Waals surface area contributed by atoms with Crippen molar-refractivity contribution in [3.63, 3.8) is 0 Å². The number of nitrogens with one attached hydrogen (secondary N) is 1. The van der Waals surface area contributed by atoms with E-state index in [4.69, 9.17) is 0 Å². The van der Waals surface area contributed by atoms with Crippen LogP contribution in [-0.4, -0.2) is 72.5 Å². The van der Waals surface area contributed by atoms with E-state index in [2.05, 4.69) is 31.0 Å². The number of thioether (sulfide) groups is 1. The second-order valence-electron chi connectivity index (χ2n) is 4.72. The Kier molecular flexibility index (Phi) is 14.7. The molecule has 0 aromatic carbocycles. The molecule has 1 aliphatic heterocycles. The van der Waals surface area contributed by atoms with E-state index in [0.29, 0.717) is 17.7 Å². The van der Waals surface area contributed by atoms with Gasteiger partial charge in [-0.1, -0.05) is 13.8 Å². The van der Waals surface area contributed by atoms with Crippen molar-refractivity contribution in [3.8, 4) is 0 Å². The molecular weight excluding hydrogens is 317 g/mol. The third-order valence-corrected chi connectivity index (χ3v) is 4.42. The lowest BCUT2D eigenvalue weighted by atomic mass is 10.2. The molecule has 1 saturated heterocycles. The lowest BCUT2D eigenvalue weighted by Crippen LogP contribution is -2.52. The molecule has 1 N–H and O–H groups in total.